The van der Waals surface area contributed by atoms with Crippen molar-refractivity contribution in [3.8, 4) is 0 Å². The summed E-state index contributed by atoms with van der Waals surface area (Å²) in [5, 5.41) is 2.65. The van der Waals surface area contributed by atoms with Crippen molar-refractivity contribution in [3.05, 3.63) is 29.8 Å². The van der Waals surface area contributed by atoms with E-state index in [0.717, 1.165) is 5.56 Å². The van der Waals surface area contributed by atoms with E-state index in [9.17, 15) is 18.0 Å². The van der Waals surface area contributed by atoms with Gasteiger partial charge in [0, 0.05) is 24.8 Å². The van der Waals surface area contributed by atoms with Gasteiger partial charge in [-0.05, 0) is 33.0 Å². The van der Waals surface area contributed by atoms with Crippen LogP contribution in [0.4, 0.5) is 23.7 Å². The number of piperazine rings is 1. The highest BCUT2D eigenvalue weighted by Crippen LogP contribution is 2.29. The van der Waals surface area contributed by atoms with Gasteiger partial charge in [-0.15, -0.1) is 0 Å². The maximum atomic E-state index is 13.1. The molecule has 2 rings (SSSR count). The number of rotatable bonds is 1. The number of carbonyl (C=O) groups is 1. The number of aryl methyl sites for hydroxylation is 1. The summed E-state index contributed by atoms with van der Waals surface area (Å²) in [6, 6.07) is 4.63. The normalized spacial score (nSPS) is 23.5. The van der Waals surface area contributed by atoms with E-state index < -0.39 is 18.2 Å². The molecule has 0 radical (unpaired) electrons. The summed E-state index contributed by atoms with van der Waals surface area (Å²) < 4.78 is 39.2. The van der Waals surface area contributed by atoms with Gasteiger partial charge in [0.2, 0.25) is 0 Å². The van der Waals surface area contributed by atoms with Crippen LogP contribution in [0.2, 0.25) is 0 Å². The summed E-state index contributed by atoms with van der Waals surface area (Å²) in [6.07, 6.45) is -4.36. The quantitative estimate of drug-likeness (QED) is 0.864. The number of benzene rings is 1. The number of hydrogen-bond acceptors (Lipinski definition) is 2. The monoisotopic (exact) mass is 315 g/mol. The number of hydrogen-bond donors (Lipinski definition) is 1. The summed E-state index contributed by atoms with van der Waals surface area (Å²) in [5.41, 5.74) is 1.62. The van der Waals surface area contributed by atoms with Gasteiger partial charge in [-0.1, -0.05) is 17.7 Å². The van der Waals surface area contributed by atoms with Gasteiger partial charge in [0.1, 0.15) is 6.04 Å². The minimum atomic E-state index is -4.36. The molecule has 0 aromatic heterocycles. The Morgan fingerprint density at radius 2 is 1.82 bits per heavy atom. The molecule has 1 aliphatic rings. The van der Waals surface area contributed by atoms with Crippen molar-refractivity contribution in [1.82, 2.24) is 9.80 Å². The molecule has 1 saturated heterocycles. The Morgan fingerprint density at radius 1 is 1.23 bits per heavy atom. The number of carbonyl (C=O) groups excluding carboxylic acids is 1. The SMILES string of the molecule is Cc1ccc(NC(=O)N2CC(C)N(C)C(C(F)(F)F)C2)cc1. The number of anilines is 1. The summed E-state index contributed by atoms with van der Waals surface area (Å²) in [4.78, 5) is 14.7. The van der Waals surface area contributed by atoms with Crippen molar-refractivity contribution in [2.45, 2.75) is 32.1 Å². The molecule has 1 N–H and O–H groups in total. The molecule has 4 nitrogen and oxygen atoms in total. The third-order valence-electron chi connectivity index (χ3n) is 4.03. The fourth-order valence-corrected chi connectivity index (χ4v) is 2.51. The van der Waals surface area contributed by atoms with E-state index in [1.165, 1.54) is 16.8 Å². The standard InChI is InChI=1S/C15H20F3N3O/c1-10-4-6-12(7-5-10)19-14(22)21-8-11(2)20(3)13(9-21)15(16,17)18/h4-7,11,13H,8-9H2,1-3H3,(H,19,22). The van der Waals surface area contributed by atoms with E-state index in [1.807, 2.05) is 19.1 Å². The summed E-state index contributed by atoms with van der Waals surface area (Å²) in [7, 11) is 1.44. The molecule has 0 bridgehead atoms. The van der Waals surface area contributed by atoms with Crippen LogP contribution in [0, 0.1) is 6.92 Å². The summed E-state index contributed by atoms with van der Waals surface area (Å²) >= 11 is 0. The second kappa shape index (κ2) is 6.16. The molecule has 2 amide bonds. The van der Waals surface area contributed by atoms with Crippen molar-refractivity contribution < 1.29 is 18.0 Å². The molecule has 2 unspecified atom stereocenters. The lowest BCUT2D eigenvalue weighted by molar-refractivity contribution is -0.196. The highest BCUT2D eigenvalue weighted by atomic mass is 19.4. The Hall–Kier alpha value is -1.76. The van der Waals surface area contributed by atoms with E-state index >= 15 is 0 Å². The van der Waals surface area contributed by atoms with Crippen molar-refractivity contribution in [2.24, 2.45) is 0 Å². The predicted octanol–water partition coefficient (Wildman–Crippen LogP) is 3.09. The van der Waals surface area contributed by atoms with Crippen LogP contribution in [0.3, 0.4) is 0 Å². The number of amides is 2. The number of alkyl halides is 3. The highest BCUT2D eigenvalue weighted by Gasteiger charge is 2.47. The number of halogens is 3. The van der Waals surface area contributed by atoms with Crippen LogP contribution >= 0.6 is 0 Å². The third kappa shape index (κ3) is 3.71. The van der Waals surface area contributed by atoms with Crippen LogP contribution < -0.4 is 5.32 Å². The molecule has 0 saturated carbocycles. The Bertz CT molecular complexity index is 530. The van der Waals surface area contributed by atoms with Crippen molar-refractivity contribution in [2.75, 3.05) is 25.5 Å². The van der Waals surface area contributed by atoms with Gasteiger partial charge in [0.05, 0.1) is 0 Å². The Kier molecular flexibility index (Phi) is 4.65. The second-order valence-corrected chi connectivity index (χ2v) is 5.77. The van der Waals surface area contributed by atoms with Crippen LogP contribution in [0.1, 0.15) is 12.5 Å². The van der Waals surface area contributed by atoms with Crippen LogP contribution in [0.25, 0.3) is 0 Å². The molecular weight excluding hydrogens is 295 g/mol. The fourth-order valence-electron chi connectivity index (χ4n) is 2.51. The van der Waals surface area contributed by atoms with Crippen LogP contribution in [0.5, 0.6) is 0 Å². The minimum absolute atomic E-state index is 0.265. The molecule has 1 fully saturated rings. The van der Waals surface area contributed by atoms with E-state index in [4.69, 9.17) is 0 Å². The smallest absolute Gasteiger partial charge is 0.321 e. The van der Waals surface area contributed by atoms with Gasteiger partial charge >= 0.3 is 12.2 Å². The zero-order chi connectivity index (χ0) is 16.5. The lowest BCUT2D eigenvalue weighted by atomic mass is 10.1. The largest absolute Gasteiger partial charge is 0.405 e. The number of nitrogens with zero attached hydrogens (tertiary/aromatic N) is 2. The molecule has 0 aliphatic carbocycles. The van der Waals surface area contributed by atoms with Gasteiger partial charge < -0.3 is 10.2 Å². The second-order valence-electron chi connectivity index (χ2n) is 5.77. The van der Waals surface area contributed by atoms with Crippen LogP contribution in [0.15, 0.2) is 24.3 Å². The molecule has 1 heterocycles. The zero-order valence-corrected chi connectivity index (χ0v) is 12.8. The molecule has 1 aromatic rings. The molecular formula is C15H20F3N3O. The van der Waals surface area contributed by atoms with E-state index in [1.54, 1.807) is 19.1 Å². The first-order chi connectivity index (χ1) is 10.2. The minimum Gasteiger partial charge on any atom is -0.321 e. The maximum Gasteiger partial charge on any atom is 0.405 e. The van der Waals surface area contributed by atoms with Gasteiger partial charge in [-0.3, -0.25) is 4.90 Å². The van der Waals surface area contributed by atoms with Crippen molar-refractivity contribution >= 4 is 11.7 Å². The van der Waals surface area contributed by atoms with Gasteiger partial charge in [0.25, 0.3) is 0 Å². The first kappa shape index (κ1) is 16.6. The van der Waals surface area contributed by atoms with Crippen molar-refractivity contribution in [1.29, 1.82) is 0 Å². The number of urea groups is 1. The fraction of sp³-hybridized carbons (Fsp3) is 0.533. The third-order valence-corrected chi connectivity index (χ3v) is 4.03. The number of nitrogens with one attached hydrogen (secondary N) is 1. The Labute approximate surface area is 127 Å². The van der Waals surface area contributed by atoms with Gasteiger partial charge in [-0.2, -0.15) is 13.2 Å². The lowest BCUT2D eigenvalue weighted by Gasteiger charge is -2.44. The molecule has 22 heavy (non-hydrogen) atoms. The molecule has 1 aromatic carbocycles. The number of likely N-dealkylation sites (N-methyl/N-ethyl adjacent to an activating group) is 1. The lowest BCUT2D eigenvalue weighted by Crippen LogP contribution is -2.62. The van der Waals surface area contributed by atoms with E-state index in [0.29, 0.717) is 5.69 Å². The van der Waals surface area contributed by atoms with E-state index in [2.05, 4.69) is 5.32 Å². The Morgan fingerprint density at radius 3 is 2.36 bits per heavy atom. The summed E-state index contributed by atoms with van der Waals surface area (Å²) in [5.74, 6) is 0. The van der Waals surface area contributed by atoms with Gasteiger partial charge in [0.15, 0.2) is 0 Å². The van der Waals surface area contributed by atoms with Crippen LogP contribution in [-0.2, 0) is 0 Å². The predicted molar refractivity (Wildman–Crippen MR) is 78.8 cm³/mol. The summed E-state index contributed by atoms with van der Waals surface area (Å²) in [6.45, 7) is 3.51. The van der Waals surface area contributed by atoms with E-state index in [-0.39, 0.29) is 19.1 Å². The maximum absolute atomic E-state index is 13.1. The van der Waals surface area contributed by atoms with Crippen LogP contribution in [-0.4, -0.2) is 54.2 Å². The average Bonchev–Trinajstić information content (AvgIpc) is 2.42. The molecule has 122 valence electrons. The molecule has 0 spiro atoms. The first-order valence-corrected chi connectivity index (χ1v) is 7.09. The molecule has 2 atom stereocenters. The average molecular weight is 315 g/mol. The zero-order valence-electron chi connectivity index (χ0n) is 12.8. The molecule has 1 aliphatic heterocycles. The molecule has 7 heteroatoms. The van der Waals surface area contributed by atoms with Crippen molar-refractivity contribution in [3.63, 3.8) is 0 Å². The Balaban J connectivity index is 2.07. The topological polar surface area (TPSA) is 35.6 Å². The van der Waals surface area contributed by atoms with Gasteiger partial charge in [-0.25, -0.2) is 4.79 Å². The first-order valence-electron chi connectivity index (χ1n) is 7.09. The highest BCUT2D eigenvalue weighted by molar-refractivity contribution is 5.89.